The number of amides is 1. The standard InChI is InChI=1S/C13H21BrN4O3/c1-5-17(3)12(19)9(2)16-10-8-15-18(6-7-21-4)13(20)11(10)14/h8-9,16H,5-7H2,1-4H3. The first-order valence-corrected chi connectivity index (χ1v) is 7.47. The lowest BCUT2D eigenvalue weighted by atomic mass is 10.2. The summed E-state index contributed by atoms with van der Waals surface area (Å²) in [6, 6.07) is -0.442. The van der Waals surface area contributed by atoms with Crippen molar-refractivity contribution in [3.05, 3.63) is 21.0 Å². The zero-order chi connectivity index (χ0) is 16.0. The molecule has 0 bridgehead atoms. The number of methoxy groups -OCH3 is 1. The second kappa shape index (κ2) is 8.14. The smallest absolute Gasteiger partial charge is 0.283 e. The van der Waals surface area contributed by atoms with Crippen LogP contribution in [0.25, 0.3) is 0 Å². The molecule has 1 heterocycles. The molecule has 1 unspecified atom stereocenters. The zero-order valence-electron chi connectivity index (χ0n) is 12.7. The molecule has 1 amide bonds. The summed E-state index contributed by atoms with van der Waals surface area (Å²) in [4.78, 5) is 25.7. The van der Waals surface area contributed by atoms with Gasteiger partial charge in [-0.05, 0) is 29.8 Å². The third-order valence-corrected chi connectivity index (χ3v) is 3.85. The number of hydrogen-bond acceptors (Lipinski definition) is 5. The molecule has 118 valence electrons. The second-order valence-electron chi connectivity index (χ2n) is 4.61. The third kappa shape index (κ3) is 4.53. The van der Waals surface area contributed by atoms with Crippen molar-refractivity contribution in [1.82, 2.24) is 14.7 Å². The highest BCUT2D eigenvalue weighted by Gasteiger charge is 2.18. The minimum absolute atomic E-state index is 0.0482. The van der Waals surface area contributed by atoms with Crippen molar-refractivity contribution in [2.45, 2.75) is 26.4 Å². The highest BCUT2D eigenvalue weighted by molar-refractivity contribution is 9.10. The summed E-state index contributed by atoms with van der Waals surface area (Å²) < 4.78 is 6.59. The first-order chi connectivity index (χ1) is 9.92. The number of carbonyl (C=O) groups excluding carboxylic acids is 1. The van der Waals surface area contributed by atoms with Gasteiger partial charge in [-0.3, -0.25) is 9.59 Å². The summed E-state index contributed by atoms with van der Waals surface area (Å²) >= 11 is 3.25. The van der Waals surface area contributed by atoms with Gasteiger partial charge >= 0.3 is 0 Å². The second-order valence-corrected chi connectivity index (χ2v) is 5.40. The van der Waals surface area contributed by atoms with E-state index in [0.717, 1.165) is 0 Å². The van der Waals surface area contributed by atoms with Crippen LogP contribution in [-0.4, -0.2) is 53.9 Å². The van der Waals surface area contributed by atoms with Crippen LogP contribution in [0.1, 0.15) is 13.8 Å². The van der Waals surface area contributed by atoms with E-state index in [0.29, 0.717) is 29.9 Å². The van der Waals surface area contributed by atoms with Crippen molar-refractivity contribution in [1.29, 1.82) is 0 Å². The van der Waals surface area contributed by atoms with E-state index in [-0.39, 0.29) is 11.5 Å². The van der Waals surface area contributed by atoms with Gasteiger partial charge in [0.15, 0.2) is 0 Å². The Morgan fingerprint density at radius 3 is 2.86 bits per heavy atom. The number of likely N-dealkylation sites (N-methyl/N-ethyl adjacent to an activating group) is 1. The van der Waals surface area contributed by atoms with Gasteiger partial charge in [0.25, 0.3) is 5.56 Å². The Morgan fingerprint density at radius 1 is 1.62 bits per heavy atom. The summed E-state index contributed by atoms with van der Waals surface area (Å²) in [7, 11) is 3.30. The fraction of sp³-hybridized carbons (Fsp3) is 0.615. The SMILES string of the molecule is CCN(C)C(=O)C(C)Nc1cnn(CCOC)c(=O)c1Br. The van der Waals surface area contributed by atoms with Gasteiger partial charge in [-0.15, -0.1) is 0 Å². The van der Waals surface area contributed by atoms with Crippen LogP contribution in [0, 0.1) is 0 Å². The van der Waals surface area contributed by atoms with Crippen LogP contribution in [0.3, 0.4) is 0 Å². The number of hydrogen-bond donors (Lipinski definition) is 1. The Balaban J connectivity index is 2.88. The molecule has 8 heteroatoms. The van der Waals surface area contributed by atoms with Crippen LogP contribution in [-0.2, 0) is 16.1 Å². The number of anilines is 1. The number of aromatic nitrogens is 2. The summed E-state index contributed by atoms with van der Waals surface area (Å²) in [6.45, 7) is 5.06. The minimum Gasteiger partial charge on any atom is -0.383 e. The maximum Gasteiger partial charge on any atom is 0.283 e. The van der Waals surface area contributed by atoms with Crippen LogP contribution in [0.5, 0.6) is 0 Å². The molecular weight excluding hydrogens is 340 g/mol. The van der Waals surface area contributed by atoms with Gasteiger partial charge in [-0.1, -0.05) is 0 Å². The van der Waals surface area contributed by atoms with E-state index in [9.17, 15) is 9.59 Å². The molecule has 21 heavy (non-hydrogen) atoms. The van der Waals surface area contributed by atoms with E-state index in [1.54, 1.807) is 26.0 Å². The number of nitrogens with zero attached hydrogens (tertiary/aromatic N) is 3. The molecule has 0 saturated heterocycles. The van der Waals surface area contributed by atoms with Crippen molar-refractivity contribution in [3.63, 3.8) is 0 Å². The molecule has 1 N–H and O–H groups in total. The number of nitrogens with one attached hydrogen (secondary N) is 1. The van der Waals surface area contributed by atoms with Crippen LogP contribution in [0.2, 0.25) is 0 Å². The Morgan fingerprint density at radius 2 is 2.29 bits per heavy atom. The molecule has 1 aromatic heterocycles. The van der Waals surface area contributed by atoms with Gasteiger partial charge in [0.2, 0.25) is 5.91 Å². The highest BCUT2D eigenvalue weighted by Crippen LogP contribution is 2.17. The van der Waals surface area contributed by atoms with Gasteiger partial charge in [-0.2, -0.15) is 5.10 Å². The lowest BCUT2D eigenvalue weighted by molar-refractivity contribution is -0.130. The highest BCUT2D eigenvalue weighted by atomic mass is 79.9. The van der Waals surface area contributed by atoms with Gasteiger partial charge in [0.05, 0.1) is 25.0 Å². The molecule has 0 fully saturated rings. The first kappa shape index (κ1) is 17.6. The minimum atomic E-state index is -0.442. The molecular formula is C13H21BrN4O3. The van der Waals surface area contributed by atoms with Gasteiger partial charge in [-0.25, -0.2) is 4.68 Å². The van der Waals surface area contributed by atoms with Crippen molar-refractivity contribution < 1.29 is 9.53 Å². The normalized spacial score (nSPS) is 12.0. The molecule has 0 aliphatic heterocycles. The van der Waals surface area contributed by atoms with E-state index >= 15 is 0 Å². The van der Waals surface area contributed by atoms with Gasteiger partial charge in [0, 0.05) is 20.7 Å². The predicted octanol–water partition coefficient (Wildman–Crippen LogP) is 0.931. The van der Waals surface area contributed by atoms with Crippen LogP contribution < -0.4 is 10.9 Å². The first-order valence-electron chi connectivity index (χ1n) is 6.68. The molecule has 1 aromatic rings. The van der Waals surface area contributed by atoms with Crippen molar-refractivity contribution >= 4 is 27.5 Å². The topological polar surface area (TPSA) is 76.5 Å². The molecule has 0 aliphatic rings. The molecule has 0 spiro atoms. The summed E-state index contributed by atoms with van der Waals surface area (Å²) in [6.07, 6.45) is 1.52. The van der Waals surface area contributed by atoms with Gasteiger partial charge in [0.1, 0.15) is 10.5 Å². The largest absolute Gasteiger partial charge is 0.383 e. The summed E-state index contributed by atoms with van der Waals surface area (Å²) in [5.41, 5.74) is 0.236. The molecule has 0 radical (unpaired) electrons. The number of rotatable bonds is 7. The fourth-order valence-corrected chi connectivity index (χ4v) is 2.11. The average Bonchev–Trinajstić information content (AvgIpc) is 2.49. The van der Waals surface area contributed by atoms with Crippen LogP contribution in [0.4, 0.5) is 5.69 Å². The Hall–Kier alpha value is -1.41. The molecule has 0 saturated carbocycles. The fourth-order valence-electron chi connectivity index (χ4n) is 1.68. The number of carbonyl (C=O) groups is 1. The van der Waals surface area contributed by atoms with Crippen LogP contribution in [0.15, 0.2) is 15.5 Å². The average molecular weight is 361 g/mol. The number of halogens is 1. The monoisotopic (exact) mass is 360 g/mol. The summed E-state index contributed by atoms with van der Waals surface area (Å²) in [5, 5.41) is 7.06. The molecule has 7 nitrogen and oxygen atoms in total. The molecule has 0 aromatic carbocycles. The summed E-state index contributed by atoms with van der Waals surface area (Å²) in [5.74, 6) is -0.0482. The Labute approximate surface area is 132 Å². The molecule has 1 rings (SSSR count). The lowest BCUT2D eigenvalue weighted by Gasteiger charge is -2.21. The predicted molar refractivity (Wildman–Crippen MR) is 84.5 cm³/mol. The number of ether oxygens (including phenoxy) is 1. The third-order valence-electron chi connectivity index (χ3n) is 3.09. The lowest BCUT2D eigenvalue weighted by Crippen LogP contribution is -2.39. The maximum atomic E-state index is 12.1. The van der Waals surface area contributed by atoms with E-state index in [1.165, 1.54) is 10.9 Å². The molecule has 0 aliphatic carbocycles. The van der Waals surface area contributed by atoms with E-state index in [4.69, 9.17) is 4.74 Å². The maximum absolute atomic E-state index is 12.1. The Bertz CT molecular complexity index is 547. The van der Waals surface area contributed by atoms with E-state index < -0.39 is 6.04 Å². The van der Waals surface area contributed by atoms with Crippen molar-refractivity contribution in [2.24, 2.45) is 0 Å². The quantitative estimate of drug-likeness (QED) is 0.782. The van der Waals surface area contributed by atoms with Gasteiger partial charge < -0.3 is 15.0 Å². The Kier molecular flexibility index (Phi) is 6.83. The van der Waals surface area contributed by atoms with E-state index in [1.807, 2.05) is 6.92 Å². The molecule has 1 atom stereocenters. The van der Waals surface area contributed by atoms with Crippen LogP contribution >= 0.6 is 15.9 Å². The van der Waals surface area contributed by atoms with E-state index in [2.05, 4.69) is 26.3 Å². The van der Waals surface area contributed by atoms with Crippen molar-refractivity contribution in [3.8, 4) is 0 Å². The zero-order valence-corrected chi connectivity index (χ0v) is 14.3. The van der Waals surface area contributed by atoms with Crippen molar-refractivity contribution in [2.75, 3.05) is 32.6 Å².